The number of aryl methyl sites for hydroxylation is 1. The first-order valence-corrected chi connectivity index (χ1v) is 11.3. The van der Waals surface area contributed by atoms with Gasteiger partial charge in [0.2, 0.25) is 5.13 Å². The number of fused-ring (bicyclic) bond motifs is 1. The number of anilines is 1. The van der Waals surface area contributed by atoms with Crippen LogP contribution in [-0.2, 0) is 6.42 Å². The Hall–Kier alpha value is -3.25. The second-order valence-electron chi connectivity index (χ2n) is 7.96. The number of rotatable bonds is 4. The molecule has 1 amide bonds. The number of nitrogens with zero attached hydrogens (tertiary/aromatic N) is 4. The number of carbonyl (C=O) groups is 1. The van der Waals surface area contributed by atoms with Crippen LogP contribution in [0, 0.1) is 6.92 Å². The Morgan fingerprint density at radius 1 is 0.935 bits per heavy atom. The Labute approximate surface area is 186 Å². The molecule has 0 spiro atoms. The SMILES string of the molecule is Cc1ccc(Cc2nsc(N3CCN(C(=O)c4cccc5ccccc45)CC3)n2)cc1. The molecule has 0 saturated carbocycles. The molecule has 0 atom stereocenters. The fourth-order valence-corrected chi connectivity index (χ4v) is 4.75. The number of benzene rings is 3. The van der Waals surface area contributed by atoms with Crippen LogP contribution in [0.3, 0.4) is 0 Å². The summed E-state index contributed by atoms with van der Waals surface area (Å²) in [7, 11) is 0. The smallest absolute Gasteiger partial charge is 0.254 e. The van der Waals surface area contributed by atoms with Crippen molar-refractivity contribution >= 4 is 33.3 Å². The van der Waals surface area contributed by atoms with Gasteiger partial charge in [0.25, 0.3) is 5.91 Å². The Bertz CT molecular complexity index is 1200. The van der Waals surface area contributed by atoms with Crippen molar-refractivity contribution in [3.05, 3.63) is 89.2 Å². The molecular weight excluding hydrogens is 404 g/mol. The molecule has 0 N–H and O–H groups in total. The molecule has 5 rings (SSSR count). The van der Waals surface area contributed by atoms with E-state index in [0.29, 0.717) is 13.1 Å². The van der Waals surface area contributed by atoms with Crippen molar-refractivity contribution in [2.45, 2.75) is 13.3 Å². The summed E-state index contributed by atoms with van der Waals surface area (Å²) < 4.78 is 4.55. The number of hydrogen-bond acceptors (Lipinski definition) is 5. The molecule has 1 fully saturated rings. The van der Waals surface area contributed by atoms with E-state index in [0.717, 1.165) is 46.8 Å². The molecule has 6 heteroatoms. The first-order chi connectivity index (χ1) is 15.2. The van der Waals surface area contributed by atoms with Crippen LogP contribution in [0.4, 0.5) is 5.13 Å². The van der Waals surface area contributed by atoms with Gasteiger partial charge in [-0.2, -0.15) is 4.37 Å². The topological polar surface area (TPSA) is 49.3 Å². The third-order valence-electron chi connectivity index (χ3n) is 5.80. The van der Waals surface area contributed by atoms with Crippen LogP contribution in [0.25, 0.3) is 10.8 Å². The van der Waals surface area contributed by atoms with Gasteiger partial charge in [-0.1, -0.05) is 66.2 Å². The second kappa shape index (κ2) is 8.47. The molecule has 1 saturated heterocycles. The van der Waals surface area contributed by atoms with Crippen LogP contribution in [0.5, 0.6) is 0 Å². The van der Waals surface area contributed by atoms with E-state index < -0.39 is 0 Å². The standard InChI is InChI=1S/C25H24N4OS/c1-18-9-11-19(12-10-18)17-23-26-25(31-27-23)29-15-13-28(14-16-29)24(30)22-8-4-6-20-5-2-3-7-21(20)22/h2-12H,13-17H2,1H3. The molecule has 31 heavy (non-hydrogen) atoms. The first kappa shape index (κ1) is 19.7. The van der Waals surface area contributed by atoms with Gasteiger partial charge in [-0.15, -0.1) is 0 Å². The van der Waals surface area contributed by atoms with Crippen molar-refractivity contribution in [1.82, 2.24) is 14.3 Å². The average Bonchev–Trinajstić information content (AvgIpc) is 3.28. The normalized spacial score (nSPS) is 14.2. The molecule has 3 aromatic carbocycles. The van der Waals surface area contributed by atoms with Gasteiger partial charge in [0.05, 0.1) is 0 Å². The van der Waals surface area contributed by atoms with E-state index in [-0.39, 0.29) is 5.91 Å². The third-order valence-corrected chi connectivity index (χ3v) is 6.61. The van der Waals surface area contributed by atoms with Gasteiger partial charge in [-0.3, -0.25) is 4.79 Å². The first-order valence-electron chi connectivity index (χ1n) is 10.6. The average molecular weight is 429 g/mol. The van der Waals surface area contributed by atoms with Crippen LogP contribution < -0.4 is 4.90 Å². The van der Waals surface area contributed by atoms with Crippen LogP contribution in [0.15, 0.2) is 66.7 Å². The molecule has 0 unspecified atom stereocenters. The zero-order chi connectivity index (χ0) is 21.2. The summed E-state index contributed by atoms with van der Waals surface area (Å²) in [6, 6.07) is 22.5. The van der Waals surface area contributed by atoms with E-state index in [2.05, 4.69) is 40.5 Å². The van der Waals surface area contributed by atoms with Crippen LogP contribution in [0.1, 0.15) is 27.3 Å². The number of amides is 1. The summed E-state index contributed by atoms with van der Waals surface area (Å²) in [5.74, 6) is 0.965. The summed E-state index contributed by atoms with van der Waals surface area (Å²) in [5, 5.41) is 3.06. The van der Waals surface area contributed by atoms with E-state index >= 15 is 0 Å². The zero-order valence-electron chi connectivity index (χ0n) is 17.5. The summed E-state index contributed by atoms with van der Waals surface area (Å²) in [6.07, 6.45) is 0.746. The lowest BCUT2D eigenvalue weighted by Gasteiger charge is -2.34. The third kappa shape index (κ3) is 4.16. The quantitative estimate of drug-likeness (QED) is 0.478. The largest absolute Gasteiger partial charge is 0.343 e. The van der Waals surface area contributed by atoms with Gasteiger partial charge >= 0.3 is 0 Å². The van der Waals surface area contributed by atoms with Crippen LogP contribution in [-0.4, -0.2) is 46.3 Å². The van der Waals surface area contributed by atoms with Crippen molar-refractivity contribution in [3.63, 3.8) is 0 Å². The highest BCUT2D eigenvalue weighted by atomic mass is 32.1. The van der Waals surface area contributed by atoms with Gasteiger partial charge in [0, 0.05) is 49.7 Å². The Morgan fingerprint density at radius 3 is 2.48 bits per heavy atom. The van der Waals surface area contributed by atoms with E-state index in [1.165, 1.54) is 22.7 Å². The van der Waals surface area contributed by atoms with E-state index in [1.54, 1.807) is 0 Å². The maximum atomic E-state index is 13.2. The van der Waals surface area contributed by atoms with Crippen molar-refractivity contribution in [2.75, 3.05) is 31.1 Å². The minimum absolute atomic E-state index is 0.105. The summed E-state index contributed by atoms with van der Waals surface area (Å²) in [6.45, 7) is 5.02. The predicted molar refractivity (Wildman–Crippen MR) is 126 cm³/mol. The molecule has 0 aliphatic carbocycles. The maximum Gasteiger partial charge on any atom is 0.254 e. The van der Waals surface area contributed by atoms with Crippen molar-refractivity contribution in [2.24, 2.45) is 0 Å². The molecule has 1 aromatic heterocycles. The minimum atomic E-state index is 0.105. The van der Waals surface area contributed by atoms with Crippen LogP contribution in [0.2, 0.25) is 0 Å². The molecule has 1 aliphatic heterocycles. The predicted octanol–water partition coefficient (Wildman–Crippen LogP) is 4.55. The highest BCUT2D eigenvalue weighted by Gasteiger charge is 2.25. The zero-order valence-corrected chi connectivity index (χ0v) is 18.3. The van der Waals surface area contributed by atoms with Crippen molar-refractivity contribution < 1.29 is 4.79 Å². The molecule has 0 radical (unpaired) electrons. The molecular formula is C25H24N4OS. The minimum Gasteiger partial charge on any atom is -0.343 e. The molecule has 5 nitrogen and oxygen atoms in total. The Kier molecular flexibility index (Phi) is 5.38. The highest BCUT2D eigenvalue weighted by molar-refractivity contribution is 7.09. The van der Waals surface area contributed by atoms with E-state index in [9.17, 15) is 4.79 Å². The highest BCUT2D eigenvalue weighted by Crippen LogP contribution is 2.23. The summed E-state index contributed by atoms with van der Waals surface area (Å²) in [5.41, 5.74) is 3.26. The lowest BCUT2D eigenvalue weighted by atomic mass is 10.0. The monoisotopic (exact) mass is 428 g/mol. The number of piperazine rings is 1. The number of hydrogen-bond donors (Lipinski definition) is 0. The fraction of sp³-hybridized carbons (Fsp3) is 0.240. The lowest BCUT2D eigenvalue weighted by Crippen LogP contribution is -2.48. The molecule has 1 aliphatic rings. The molecule has 0 bridgehead atoms. The fourth-order valence-electron chi connectivity index (χ4n) is 4.02. The molecule has 4 aromatic rings. The summed E-state index contributed by atoms with van der Waals surface area (Å²) in [4.78, 5) is 22.1. The van der Waals surface area contributed by atoms with E-state index in [4.69, 9.17) is 4.98 Å². The van der Waals surface area contributed by atoms with Crippen LogP contribution >= 0.6 is 11.5 Å². The van der Waals surface area contributed by atoms with Gasteiger partial charge in [0.15, 0.2) is 0 Å². The van der Waals surface area contributed by atoms with Gasteiger partial charge in [0.1, 0.15) is 5.82 Å². The second-order valence-corrected chi connectivity index (χ2v) is 8.69. The van der Waals surface area contributed by atoms with Gasteiger partial charge in [-0.25, -0.2) is 4.98 Å². The summed E-state index contributed by atoms with van der Waals surface area (Å²) >= 11 is 1.45. The Balaban J connectivity index is 1.24. The van der Waals surface area contributed by atoms with Gasteiger partial charge < -0.3 is 9.80 Å². The van der Waals surface area contributed by atoms with E-state index in [1.807, 2.05) is 47.4 Å². The van der Waals surface area contributed by atoms with Crippen molar-refractivity contribution in [1.29, 1.82) is 0 Å². The van der Waals surface area contributed by atoms with Gasteiger partial charge in [-0.05, 0) is 29.3 Å². The van der Waals surface area contributed by atoms with Crippen molar-refractivity contribution in [3.8, 4) is 0 Å². The number of carbonyl (C=O) groups excluding carboxylic acids is 1. The molecule has 2 heterocycles. The number of aromatic nitrogens is 2. The lowest BCUT2D eigenvalue weighted by molar-refractivity contribution is 0.0748. The Morgan fingerprint density at radius 2 is 1.68 bits per heavy atom. The molecule has 156 valence electrons. The maximum absolute atomic E-state index is 13.2.